The number of nitrogens with two attached hydrogens (primary N) is 5. The van der Waals surface area contributed by atoms with Crippen molar-refractivity contribution in [3.8, 4) is 5.75 Å². The molecule has 130 heavy (non-hydrogen) atoms. The van der Waals surface area contributed by atoms with Crippen molar-refractivity contribution in [2.75, 3.05) is 52.5 Å². The lowest BCUT2D eigenvalue weighted by molar-refractivity contribution is -0.142. The third-order valence-electron chi connectivity index (χ3n) is 20.3. The third-order valence-corrected chi connectivity index (χ3v) is 20.3. The molecule has 1 rings (SSSR count). The van der Waals surface area contributed by atoms with Crippen molar-refractivity contribution < 1.29 is 132 Å². The number of carboxylic acids is 3. The summed E-state index contributed by atoms with van der Waals surface area (Å²) in [6.07, 6.45) is -2.50. The number of carbonyl (C=O) groups is 20. The van der Waals surface area contributed by atoms with E-state index in [0.29, 0.717) is 25.7 Å². The van der Waals surface area contributed by atoms with Crippen LogP contribution in [0.3, 0.4) is 0 Å². The zero-order valence-corrected chi connectivity index (χ0v) is 74.0. The summed E-state index contributed by atoms with van der Waals surface area (Å²) < 4.78 is 0. The number of guanidine groups is 2. The Labute approximate surface area is 748 Å². The van der Waals surface area contributed by atoms with Gasteiger partial charge in [0.25, 0.3) is 0 Å². The normalized spacial score (nSPS) is 15.2. The van der Waals surface area contributed by atoms with Crippen molar-refractivity contribution in [3.05, 3.63) is 29.8 Å². The van der Waals surface area contributed by atoms with Gasteiger partial charge in [0.15, 0.2) is 11.9 Å². The van der Waals surface area contributed by atoms with E-state index in [0.717, 1.165) is 6.92 Å². The zero-order chi connectivity index (χ0) is 98.9. The van der Waals surface area contributed by atoms with E-state index in [1.54, 1.807) is 27.7 Å². The fourth-order valence-electron chi connectivity index (χ4n) is 12.1. The molecule has 0 aromatic heterocycles. The Balaban J connectivity index is 3.54. The average Bonchev–Trinajstić information content (AvgIpc) is 0.848. The number of phenolic OH excluding ortho intramolecular Hbond substituents is 1. The van der Waals surface area contributed by atoms with Crippen molar-refractivity contribution in [1.29, 1.82) is 10.8 Å². The minimum absolute atomic E-state index is 0.000737. The molecule has 0 saturated carbocycles. The van der Waals surface area contributed by atoms with E-state index in [-0.39, 0.29) is 75.4 Å². The molecule has 0 radical (unpaired) electrons. The molecular formula is C78H131N25O27. The molecule has 0 heterocycles. The highest BCUT2D eigenvalue weighted by Gasteiger charge is 2.41. The summed E-state index contributed by atoms with van der Waals surface area (Å²) in [6.45, 7) is 8.36. The van der Waals surface area contributed by atoms with Gasteiger partial charge < -0.3 is 160 Å². The minimum atomic E-state index is -2.07. The second-order valence-electron chi connectivity index (χ2n) is 31.2. The first-order valence-electron chi connectivity index (χ1n) is 42.0. The van der Waals surface area contributed by atoms with Gasteiger partial charge in [0.2, 0.25) is 100 Å². The summed E-state index contributed by atoms with van der Waals surface area (Å²) in [4.78, 5) is 269. The quantitative estimate of drug-likeness (QED) is 0.0164. The number of nitrogens with one attached hydrogen (secondary N) is 20. The minimum Gasteiger partial charge on any atom is -0.508 e. The topological polar surface area (TPSA) is 877 Å². The summed E-state index contributed by atoms with van der Waals surface area (Å²) >= 11 is 0. The van der Waals surface area contributed by atoms with Gasteiger partial charge in [0.1, 0.15) is 96.9 Å². The number of unbranched alkanes of at least 4 members (excludes halogenated alkanes) is 1. The van der Waals surface area contributed by atoms with Crippen LogP contribution in [0, 0.1) is 34.5 Å². The number of amides is 17. The number of carbonyl (C=O) groups excluding carboxylic acids is 17. The molecule has 18 atom stereocenters. The molecule has 52 nitrogen and oxygen atoms in total. The molecule has 0 fully saturated rings. The molecule has 1 aromatic rings. The third kappa shape index (κ3) is 43.0. The number of benzene rings is 1. The molecule has 0 aliphatic heterocycles. The summed E-state index contributed by atoms with van der Waals surface area (Å²) in [5.41, 5.74) is 28.0. The maximum atomic E-state index is 14.5. The largest absolute Gasteiger partial charge is 0.508 e. The van der Waals surface area contributed by atoms with Gasteiger partial charge in [-0.1, -0.05) is 86.8 Å². The fraction of sp³-hybridized carbons (Fsp3) is 0.641. The first-order valence-corrected chi connectivity index (χ1v) is 42.0. The van der Waals surface area contributed by atoms with Gasteiger partial charge in [-0.15, -0.1) is 0 Å². The smallest absolute Gasteiger partial charge is 0.322 e. The van der Waals surface area contributed by atoms with E-state index >= 15 is 0 Å². The van der Waals surface area contributed by atoms with Gasteiger partial charge in [-0.05, 0) is 99.8 Å². The highest BCUT2D eigenvalue weighted by Crippen LogP contribution is 2.17. The predicted octanol–water partition coefficient (Wildman–Crippen LogP) is -11.4. The van der Waals surface area contributed by atoms with Crippen LogP contribution in [0.1, 0.15) is 151 Å². The van der Waals surface area contributed by atoms with E-state index in [1.165, 1.54) is 52.0 Å². The lowest BCUT2D eigenvalue weighted by Gasteiger charge is -2.29. The van der Waals surface area contributed by atoms with E-state index in [2.05, 4.69) is 95.7 Å². The van der Waals surface area contributed by atoms with Crippen molar-refractivity contribution in [3.63, 3.8) is 0 Å². The fourth-order valence-corrected chi connectivity index (χ4v) is 12.1. The molecule has 17 amide bonds. The van der Waals surface area contributed by atoms with Crippen LogP contribution in [0.15, 0.2) is 24.3 Å². The molecule has 730 valence electrons. The second kappa shape index (κ2) is 59.7. The summed E-state index contributed by atoms with van der Waals surface area (Å²) in [5.74, 6) is -28.3. The molecule has 0 spiro atoms. The monoisotopic (exact) mass is 1850 g/mol. The molecule has 37 N–H and O–H groups in total. The van der Waals surface area contributed by atoms with Crippen LogP contribution in [0.4, 0.5) is 0 Å². The summed E-state index contributed by atoms with van der Waals surface area (Å²) in [6, 6.07) is -20.5. The molecule has 0 bridgehead atoms. The molecule has 0 saturated heterocycles. The van der Waals surface area contributed by atoms with Crippen molar-refractivity contribution in [1.82, 2.24) is 95.7 Å². The van der Waals surface area contributed by atoms with Crippen LogP contribution in [0.25, 0.3) is 0 Å². The molecule has 0 unspecified atom stereocenters. The van der Waals surface area contributed by atoms with Gasteiger partial charge in [-0.3, -0.25) is 107 Å². The summed E-state index contributed by atoms with van der Waals surface area (Å²) in [5, 5.41) is 127. The van der Waals surface area contributed by atoms with Gasteiger partial charge in [0, 0.05) is 19.5 Å². The van der Waals surface area contributed by atoms with Crippen LogP contribution < -0.4 is 124 Å². The number of phenols is 1. The Kier molecular flexibility index (Phi) is 52.7. The van der Waals surface area contributed by atoms with E-state index in [1.807, 2.05) is 0 Å². The Bertz CT molecular complexity index is 4050. The highest BCUT2D eigenvalue weighted by atomic mass is 16.4. The van der Waals surface area contributed by atoms with Crippen LogP contribution in [-0.4, -0.2) is 309 Å². The van der Waals surface area contributed by atoms with E-state index < -0.39 is 297 Å². The molecular weight excluding hydrogens is 1720 g/mol. The van der Waals surface area contributed by atoms with Crippen molar-refractivity contribution in [2.45, 2.75) is 243 Å². The second-order valence-corrected chi connectivity index (χ2v) is 31.2. The van der Waals surface area contributed by atoms with Crippen LogP contribution in [-0.2, 0) is 102 Å². The Morgan fingerprint density at radius 1 is 0.354 bits per heavy atom. The SMILES string of the molecule is CC[C@H](C)[C@H](NC(=O)[C@H](CO)NC(=O)[C@H](CC(N)=O)NC(=O)[C@@H](NC(=O)[C@@H](N)CCCNC(=N)N)[C@@H](C)CC)C(=O)NCC(=O)N[C@@H](CC(=O)O)C(=O)N[C@@H](CCCNC(=N)N)C(=O)N[C@H](C(=O)N[C@@H](CO)C(=O)N[C@@H](Cc1ccc(O)cc1)C(=O)N[C@@H](C)C(=O)N[C@@H](CC(=O)O)C(=O)N[C@@H](CO)C(=O)N[C@H](C(=O)N[C@@H](CCCCN)C(=O)NCC(=O)O)C(C)C)[C@@H](C)CC. The van der Waals surface area contributed by atoms with Gasteiger partial charge in [0.05, 0.1) is 51.7 Å². The number of hydrogen-bond acceptors (Lipinski definition) is 28. The number of aromatic hydroxyl groups is 1. The number of carboxylic acid groups (broad SMARTS) is 3. The van der Waals surface area contributed by atoms with Crippen LogP contribution in [0.5, 0.6) is 5.75 Å². The maximum Gasteiger partial charge on any atom is 0.322 e. The number of aliphatic carboxylic acids is 3. The molecule has 0 aliphatic rings. The van der Waals surface area contributed by atoms with E-state index in [4.69, 9.17) is 44.6 Å². The highest BCUT2D eigenvalue weighted by molar-refractivity contribution is 6.02. The van der Waals surface area contributed by atoms with Crippen molar-refractivity contribution in [2.24, 2.45) is 52.3 Å². The standard InChI is InChI=1S/C78H131N25O27/c1-10-37(6)59(102-72(126)52(35-106)97-67(121)47(28-53(81)108)96-75(129)60(38(7)11-2)101-63(117)43(80)17-15-25-86-77(82)83)73(127)88-31-54(109)91-48(29-55(110)111)68(122)92-45(19-16-26-87-78(84)85)65(119)103-61(39(8)12-3)76(130)99-50(33-104)70(124)95-46(27-41-20-22-42(107)23-21-41)66(120)90-40(9)62(116)94-49(30-56(112)113)69(123)98-51(34-105)71(125)100-58(36(4)5)74(128)93-44(18-13-14-24-79)64(118)89-32-57(114)115/h20-23,36-40,43-52,58-61,104-107H,10-19,24-35,79-80H2,1-9H3,(H2,81,108)(H,88,127)(H,89,118)(H,90,120)(H,91,109)(H,92,122)(H,93,128)(H,94,116)(H,95,124)(H,96,129)(H,97,121)(H,98,123)(H,99,130)(H,100,125)(H,101,117)(H,102,126)(H,103,119)(H,110,111)(H,112,113)(H,114,115)(H4,82,83,86)(H4,84,85,87)/t37-,38-,39-,40-,43-,44-,45-,46-,47-,48-,49-,50-,51-,52-,58-,59-,60-,61-/m0/s1. The maximum absolute atomic E-state index is 14.5. The lowest BCUT2D eigenvalue weighted by Crippen LogP contribution is -2.62. The Hall–Kier alpha value is -13.2. The molecule has 0 aliphatic carbocycles. The van der Waals surface area contributed by atoms with Crippen LogP contribution in [0.2, 0.25) is 0 Å². The number of aliphatic hydroxyl groups is 3. The first kappa shape index (κ1) is 115. The predicted molar refractivity (Wildman–Crippen MR) is 460 cm³/mol. The average molecular weight is 1850 g/mol. The molecule has 52 heteroatoms. The Morgan fingerprint density at radius 2 is 0.700 bits per heavy atom. The zero-order valence-electron chi connectivity index (χ0n) is 74.0. The Morgan fingerprint density at radius 3 is 1.14 bits per heavy atom. The molecule has 1 aromatic carbocycles. The number of aliphatic hydroxyl groups excluding tert-OH is 3. The summed E-state index contributed by atoms with van der Waals surface area (Å²) in [7, 11) is 0. The first-order chi connectivity index (χ1) is 61.0. The van der Waals surface area contributed by atoms with Gasteiger partial charge in [-0.2, -0.15) is 0 Å². The number of rotatable bonds is 63. The van der Waals surface area contributed by atoms with Gasteiger partial charge in [-0.25, -0.2) is 0 Å². The van der Waals surface area contributed by atoms with Crippen LogP contribution >= 0.6 is 0 Å². The van der Waals surface area contributed by atoms with Crippen molar-refractivity contribution >= 4 is 130 Å². The van der Waals surface area contributed by atoms with Gasteiger partial charge >= 0.3 is 17.9 Å². The lowest BCUT2D eigenvalue weighted by atomic mass is 9.97. The van der Waals surface area contributed by atoms with E-state index in [9.17, 15) is 127 Å². The number of hydrogen-bond donors (Lipinski definition) is 32. The number of primary amides is 1.